The standard InChI is InChI=1S/C28H29N3O6S/c1-3-5-16-37-28(34)19-12-14-21(15-13-19)29-27(33)25(4-2)38-24-11-7-9-22(18-24)30-26(32)20-8-6-10-23(17-20)31(35)36/h6-15,17-18,25H,3-5,16H2,1-2H3,(H,29,33)(H,30,32). The molecule has 0 aliphatic heterocycles. The summed E-state index contributed by atoms with van der Waals surface area (Å²) in [4.78, 5) is 48.8. The fraction of sp³-hybridized carbons (Fsp3) is 0.250. The summed E-state index contributed by atoms with van der Waals surface area (Å²) >= 11 is 1.35. The van der Waals surface area contributed by atoms with Crippen LogP contribution in [-0.2, 0) is 9.53 Å². The maximum Gasteiger partial charge on any atom is 0.338 e. The van der Waals surface area contributed by atoms with E-state index in [1.807, 2.05) is 19.9 Å². The first kappa shape index (κ1) is 28.4. The molecule has 198 valence electrons. The highest BCUT2D eigenvalue weighted by Crippen LogP contribution is 2.29. The largest absolute Gasteiger partial charge is 0.462 e. The molecule has 0 heterocycles. The lowest BCUT2D eigenvalue weighted by atomic mass is 10.2. The molecule has 0 aliphatic carbocycles. The lowest BCUT2D eigenvalue weighted by Crippen LogP contribution is -2.24. The number of nitro benzene ring substituents is 1. The molecule has 0 radical (unpaired) electrons. The van der Waals surface area contributed by atoms with E-state index in [1.165, 1.54) is 36.0 Å². The van der Waals surface area contributed by atoms with Crippen LogP contribution >= 0.6 is 11.8 Å². The SMILES string of the molecule is CCCCOC(=O)c1ccc(NC(=O)C(CC)Sc2cccc(NC(=O)c3cccc([N+](=O)[O-])c3)c2)cc1. The third kappa shape index (κ3) is 8.17. The van der Waals surface area contributed by atoms with Crippen LogP contribution in [0.15, 0.2) is 77.7 Å². The fourth-order valence-corrected chi connectivity index (χ4v) is 4.42. The molecule has 0 saturated carbocycles. The van der Waals surface area contributed by atoms with E-state index in [4.69, 9.17) is 4.74 Å². The Labute approximate surface area is 225 Å². The van der Waals surface area contributed by atoms with Crippen molar-refractivity contribution in [3.8, 4) is 0 Å². The van der Waals surface area contributed by atoms with Crippen molar-refractivity contribution in [3.63, 3.8) is 0 Å². The molecule has 1 unspecified atom stereocenters. The van der Waals surface area contributed by atoms with Crippen molar-refractivity contribution in [2.24, 2.45) is 0 Å². The topological polar surface area (TPSA) is 128 Å². The molecule has 2 amide bonds. The van der Waals surface area contributed by atoms with Gasteiger partial charge in [-0.25, -0.2) is 4.79 Å². The number of rotatable bonds is 12. The van der Waals surface area contributed by atoms with Crippen molar-refractivity contribution in [2.45, 2.75) is 43.3 Å². The van der Waals surface area contributed by atoms with Gasteiger partial charge in [0.05, 0.1) is 22.3 Å². The van der Waals surface area contributed by atoms with Crippen LogP contribution in [0.5, 0.6) is 0 Å². The zero-order valence-electron chi connectivity index (χ0n) is 21.1. The molecule has 1 atom stereocenters. The molecule has 0 spiro atoms. The molecule has 0 aliphatic rings. The van der Waals surface area contributed by atoms with Crippen LogP contribution in [0.25, 0.3) is 0 Å². The number of nitrogens with one attached hydrogen (secondary N) is 2. The van der Waals surface area contributed by atoms with Crippen molar-refractivity contribution in [1.29, 1.82) is 0 Å². The summed E-state index contributed by atoms with van der Waals surface area (Å²) in [5.41, 5.74) is 1.49. The normalized spacial score (nSPS) is 11.3. The molecular formula is C28H29N3O6S. The van der Waals surface area contributed by atoms with Gasteiger partial charge < -0.3 is 15.4 Å². The smallest absolute Gasteiger partial charge is 0.338 e. The van der Waals surface area contributed by atoms with Crippen molar-refractivity contribution in [3.05, 3.63) is 94.0 Å². The average Bonchev–Trinajstić information content (AvgIpc) is 2.92. The Balaban J connectivity index is 1.60. The van der Waals surface area contributed by atoms with Gasteiger partial charge in [-0.3, -0.25) is 19.7 Å². The number of unbranched alkanes of at least 4 members (excludes halogenated alkanes) is 1. The van der Waals surface area contributed by atoms with Crippen LogP contribution in [0, 0.1) is 10.1 Å². The molecule has 9 nitrogen and oxygen atoms in total. The highest BCUT2D eigenvalue weighted by Gasteiger charge is 2.19. The Morgan fingerprint density at radius 2 is 1.66 bits per heavy atom. The zero-order valence-corrected chi connectivity index (χ0v) is 22.0. The first-order valence-corrected chi connectivity index (χ1v) is 13.1. The number of nitro groups is 1. The minimum absolute atomic E-state index is 0.166. The Hall–Kier alpha value is -4.18. The third-order valence-corrected chi connectivity index (χ3v) is 6.83. The van der Waals surface area contributed by atoms with Crippen molar-refractivity contribution in [2.75, 3.05) is 17.2 Å². The lowest BCUT2D eigenvalue weighted by molar-refractivity contribution is -0.384. The Kier molecular flexibility index (Phi) is 10.4. The second kappa shape index (κ2) is 13.9. The van der Waals surface area contributed by atoms with E-state index < -0.39 is 22.0 Å². The minimum atomic E-state index is -0.555. The monoisotopic (exact) mass is 535 g/mol. The van der Waals surface area contributed by atoms with Crippen LogP contribution in [-0.4, -0.2) is 34.6 Å². The summed E-state index contributed by atoms with van der Waals surface area (Å²) in [6.45, 7) is 4.30. The van der Waals surface area contributed by atoms with E-state index in [0.717, 1.165) is 17.7 Å². The van der Waals surface area contributed by atoms with E-state index in [2.05, 4.69) is 10.6 Å². The van der Waals surface area contributed by atoms with Crippen LogP contribution in [0.2, 0.25) is 0 Å². The summed E-state index contributed by atoms with van der Waals surface area (Å²) in [5.74, 6) is -1.06. The number of hydrogen-bond acceptors (Lipinski definition) is 7. The number of amides is 2. The first-order valence-electron chi connectivity index (χ1n) is 12.2. The van der Waals surface area contributed by atoms with Gasteiger partial charge in [-0.15, -0.1) is 11.8 Å². The number of anilines is 2. The second-order valence-corrected chi connectivity index (χ2v) is 9.64. The Morgan fingerprint density at radius 3 is 2.34 bits per heavy atom. The van der Waals surface area contributed by atoms with Crippen molar-refractivity contribution >= 4 is 46.6 Å². The first-order chi connectivity index (χ1) is 18.3. The summed E-state index contributed by atoms with van der Waals surface area (Å²) in [6, 6.07) is 19.1. The molecule has 0 saturated heterocycles. The van der Waals surface area contributed by atoms with Gasteiger partial charge >= 0.3 is 5.97 Å². The van der Waals surface area contributed by atoms with E-state index >= 15 is 0 Å². The van der Waals surface area contributed by atoms with E-state index in [1.54, 1.807) is 42.5 Å². The average molecular weight is 536 g/mol. The summed E-state index contributed by atoms with van der Waals surface area (Å²) in [6.07, 6.45) is 2.31. The molecule has 38 heavy (non-hydrogen) atoms. The van der Waals surface area contributed by atoms with Gasteiger partial charge in [0.15, 0.2) is 0 Å². The Morgan fingerprint density at radius 1 is 0.921 bits per heavy atom. The van der Waals surface area contributed by atoms with E-state index in [-0.39, 0.29) is 17.2 Å². The van der Waals surface area contributed by atoms with Gasteiger partial charge in [-0.1, -0.05) is 32.4 Å². The summed E-state index contributed by atoms with van der Waals surface area (Å²) < 4.78 is 5.20. The van der Waals surface area contributed by atoms with Crippen molar-refractivity contribution in [1.82, 2.24) is 0 Å². The van der Waals surface area contributed by atoms with Gasteiger partial charge in [0.1, 0.15) is 0 Å². The van der Waals surface area contributed by atoms with Crippen molar-refractivity contribution < 1.29 is 24.0 Å². The number of carbonyl (C=O) groups excluding carboxylic acids is 3. The quantitative estimate of drug-likeness (QED) is 0.0914. The number of carbonyl (C=O) groups is 3. The summed E-state index contributed by atoms with van der Waals surface area (Å²) in [7, 11) is 0. The molecule has 0 bridgehead atoms. The number of thioether (sulfide) groups is 1. The number of hydrogen-bond donors (Lipinski definition) is 2. The van der Waals surface area contributed by atoms with Crippen LogP contribution in [0.1, 0.15) is 53.8 Å². The minimum Gasteiger partial charge on any atom is -0.462 e. The zero-order chi connectivity index (χ0) is 27.5. The summed E-state index contributed by atoms with van der Waals surface area (Å²) in [5, 5.41) is 16.2. The maximum absolute atomic E-state index is 12.9. The maximum atomic E-state index is 12.9. The van der Waals surface area contributed by atoms with E-state index in [0.29, 0.717) is 30.0 Å². The van der Waals surface area contributed by atoms with Crippen LogP contribution < -0.4 is 10.6 Å². The predicted molar refractivity (Wildman–Crippen MR) is 148 cm³/mol. The Bertz CT molecular complexity index is 1300. The second-order valence-electron chi connectivity index (χ2n) is 8.36. The highest BCUT2D eigenvalue weighted by molar-refractivity contribution is 8.00. The number of benzene rings is 3. The molecule has 2 N–H and O–H groups in total. The number of non-ortho nitro benzene ring substituents is 1. The molecule has 0 fully saturated rings. The molecule has 3 aromatic carbocycles. The molecular weight excluding hydrogens is 506 g/mol. The van der Waals surface area contributed by atoms with Gasteiger partial charge in [0.25, 0.3) is 11.6 Å². The van der Waals surface area contributed by atoms with Crippen LogP contribution in [0.4, 0.5) is 17.1 Å². The molecule has 3 rings (SSSR count). The number of esters is 1. The van der Waals surface area contributed by atoms with E-state index in [9.17, 15) is 24.5 Å². The molecule has 0 aromatic heterocycles. The lowest BCUT2D eigenvalue weighted by Gasteiger charge is -2.16. The molecule has 3 aromatic rings. The number of ether oxygens (including phenoxy) is 1. The predicted octanol–water partition coefficient (Wildman–Crippen LogP) is 6.31. The number of nitrogens with zero attached hydrogens (tertiary/aromatic N) is 1. The van der Waals surface area contributed by atoms with Gasteiger partial charge in [0, 0.05) is 34.0 Å². The molecule has 10 heteroatoms. The fourth-order valence-electron chi connectivity index (χ4n) is 3.40. The van der Waals surface area contributed by atoms with Gasteiger partial charge in [-0.2, -0.15) is 0 Å². The van der Waals surface area contributed by atoms with Crippen LogP contribution in [0.3, 0.4) is 0 Å². The van der Waals surface area contributed by atoms with Gasteiger partial charge in [-0.05, 0) is 61.4 Å². The third-order valence-electron chi connectivity index (χ3n) is 5.47. The van der Waals surface area contributed by atoms with Gasteiger partial charge in [0.2, 0.25) is 5.91 Å². The highest BCUT2D eigenvalue weighted by atomic mass is 32.2.